The lowest BCUT2D eigenvalue weighted by Crippen LogP contribution is -2.30. The second-order valence-electron chi connectivity index (χ2n) is 5.11. The third kappa shape index (κ3) is 2.75. The molecule has 0 radical (unpaired) electrons. The molecule has 1 heterocycles. The molecule has 0 saturated carbocycles. The Hall–Kier alpha value is -1.15. The molecule has 1 aliphatic carbocycles. The maximum Gasteiger partial charge on any atom is 0.0426 e. The monoisotopic (exact) mass is 230 g/mol. The van der Waals surface area contributed by atoms with Crippen molar-refractivity contribution in [1.29, 1.82) is 0 Å². The Balaban J connectivity index is 2.15. The van der Waals surface area contributed by atoms with E-state index in [4.69, 9.17) is 0 Å². The van der Waals surface area contributed by atoms with Crippen molar-refractivity contribution < 1.29 is 0 Å². The van der Waals surface area contributed by atoms with Gasteiger partial charge in [0.2, 0.25) is 0 Å². The summed E-state index contributed by atoms with van der Waals surface area (Å²) in [5, 5.41) is 3.69. The molecule has 1 aromatic rings. The molecule has 2 nitrogen and oxygen atoms in total. The highest BCUT2D eigenvalue weighted by atomic mass is 14.9. The second kappa shape index (κ2) is 5.01. The van der Waals surface area contributed by atoms with E-state index >= 15 is 0 Å². The minimum absolute atomic E-state index is 0.382. The smallest absolute Gasteiger partial charge is 0.0426 e. The SMILES string of the molecule is Cc1cc(C)c(C(C)NC2CC=CC2)c(C)n1. The first-order valence-electron chi connectivity index (χ1n) is 6.43. The first kappa shape index (κ1) is 12.3. The topological polar surface area (TPSA) is 24.9 Å². The predicted octanol–water partition coefficient (Wildman–Crippen LogP) is 3.38. The van der Waals surface area contributed by atoms with Crippen LogP contribution in [-0.2, 0) is 0 Å². The number of aromatic nitrogens is 1. The van der Waals surface area contributed by atoms with Gasteiger partial charge in [0.1, 0.15) is 0 Å². The molecule has 1 aromatic heterocycles. The van der Waals surface area contributed by atoms with Crippen LogP contribution in [0.3, 0.4) is 0 Å². The van der Waals surface area contributed by atoms with Gasteiger partial charge < -0.3 is 5.32 Å². The van der Waals surface area contributed by atoms with Gasteiger partial charge in [-0.25, -0.2) is 0 Å². The van der Waals surface area contributed by atoms with E-state index in [9.17, 15) is 0 Å². The number of rotatable bonds is 3. The molecule has 0 aliphatic heterocycles. The Morgan fingerprint density at radius 3 is 2.47 bits per heavy atom. The zero-order valence-corrected chi connectivity index (χ0v) is 11.2. The number of hydrogen-bond donors (Lipinski definition) is 1. The maximum atomic E-state index is 4.57. The summed E-state index contributed by atoms with van der Waals surface area (Å²) in [6.45, 7) is 8.59. The fraction of sp³-hybridized carbons (Fsp3) is 0.533. The summed E-state index contributed by atoms with van der Waals surface area (Å²) in [7, 11) is 0. The lowest BCUT2D eigenvalue weighted by Gasteiger charge is -2.22. The quantitative estimate of drug-likeness (QED) is 0.805. The van der Waals surface area contributed by atoms with E-state index in [1.165, 1.54) is 11.1 Å². The molecule has 0 amide bonds. The van der Waals surface area contributed by atoms with Crippen LogP contribution in [0.25, 0.3) is 0 Å². The van der Waals surface area contributed by atoms with Gasteiger partial charge in [-0.15, -0.1) is 0 Å². The van der Waals surface area contributed by atoms with E-state index < -0.39 is 0 Å². The maximum absolute atomic E-state index is 4.57. The summed E-state index contributed by atoms with van der Waals surface area (Å²) in [6.07, 6.45) is 6.83. The number of nitrogens with zero attached hydrogens (tertiary/aromatic N) is 1. The highest BCUT2D eigenvalue weighted by Crippen LogP contribution is 2.23. The molecule has 2 rings (SSSR count). The summed E-state index contributed by atoms with van der Waals surface area (Å²) >= 11 is 0. The van der Waals surface area contributed by atoms with E-state index in [1.807, 2.05) is 0 Å². The average Bonchev–Trinajstić information content (AvgIpc) is 2.68. The van der Waals surface area contributed by atoms with Crippen LogP contribution in [0.15, 0.2) is 18.2 Å². The Kier molecular flexibility index (Phi) is 3.63. The van der Waals surface area contributed by atoms with Gasteiger partial charge in [0.15, 0.2) is 0 Å². The largest absolute Gasteiger partial charge is 0.307 e. The molecule has 1 unspecified atom stereocenters. The van der Waals surface area contributed by atoms with E-state index in [2.05, 4.69) is 56.2 Å². The van der Waals surface area contributed by atoms with Crippen molar-refractivity contribution >= 4 is 0 Å². The molecule has 1 atom stereocenters. The number of aryl methyl sites for hydroxylation is 3. The minimum atomic E-state index is 0.382. The predicted molar refractivity (Wildman–Crippen MR) is 72.2 cm³/mol. The molecule has 17 heavy (non-hydrogen) atoms. The molecule has 0 spiro atoms. The zero-order valence-electron chi connectivity index (χ0n) is 11.2. The molecule has 92 valence electrons. The molecule has 1 aliphatic rings. The summed E-state index contributed by atoms with van der Waals surface area (Å²) in [4.78, 5) is 4.57. The highest BCUT2D eigenvalue weighted by molar-refractivity contribution is 5.33. The van der Waals surface area contributed by atoms with Gasteiger partial charge in [0.05, 0.1) is 0 Å². The number of nitrogens with one attached hydrogen (secondary N) is 1. The van der Waals surface area contributed by atoms with Crippen LogP contribution in [0, 0.1) is 20.8 Å². The van der Waals surface area contributed by atoms with E-state index in [0.29, 0.717) is 12.1 Å². The minimum Gasteiger partial charge on any atom is -0.307 e. The Morgan fingerprint density at radius 2 is 1.88 bits per heavy atom. The van der Waals surface area contributed by atoms with Crippen molar-refractivity contribution in [3.05, 3.63) is 40.7 Å². The van der Waals surface area contributed by atoms with E-state index in [-0.39, 0.29) is 0 Å². The third-order valence-corrected chi connectivity index (χ3v) is 3.51. The molecular formula is C15H22N2. The second-order valence-corrected chi connectivity index (χ2v) is 5.11. The van der Waals surface area contributed by atoms with E-state index in [0.717, 1.165) is 24.2 Å². The molecule has 0 bridgehead atoms. The van der Waals surface area contributed by atoms with E-state index in [1.54, 1.807) is 0 Å². The van der Waals surface area contributed by atoms with Crippen molar-refractivity contribution in [2.75, 3.05) is 0 Å². The zero-order chi connectivity index (χ0) is 12.4. The van der Waals surface area contributed by atoms with Gasteiger partial charge in [0, 0.05) is 23.5 Å². The van der Waals surface area contributed by atoms with Crippen molar-refractivity contribution in [1.82, 2.24) is 10.3 Å². The summed E-state index contributed by atoms with van der Waals surface area (Å²) in [6, 6.07) is 3.16. The first-order chi connectivity index (χ1) is 8.08. The van der Waals surface area contributed by atoms with Crippen LogP contribution in [0.2, 0.25) is 0 Å². The Bertz CT molecular complexity index is 404. The van der Waals surface area contributed by atoms with Crippen molar-refractivity contribution in [2.45, 2.75) is 52.6 Å². The van der Waals surface area contributed by atoms with Crippen LogP contribution < -0.4 is 5.32 Å². The number of pyridine rings is 1. The Labute approximate surface area is 104 Å². The third-order valence-electron chi connectivity index (χ3n) is 3.51. The number of hydrogen-bond acceptors (Lipinski definition) is 2. The van der Waals surface area contributed by atoms with Gasteiger partial charge in [-0.3, -0.25) is 4.98 Å². The summed E-state index contributed by atoms with van der Waals surface area (Å²) in [5.41, 5.74) is 4.98. The van der Waals surface area contributed by atoms with Crippen molar-refractivity contribution in [2.24, 2.45) is 0 Å². The van der Waals surface area contributed by atoms with Gasteiger partial charge >= 0.3 is 0 Å². The fourth-order valence-corrected chi connectivity index (χ4v) is 2.88. The van der Waals surface area contributed by atoms with Crippen LogP contribution >= 0.6 is 0 Å². The average molecular weight is 230 g/mol. The summed E-state index contributed by atoms with van der Waals surface area (Å²) in [5.74, 6) is 0. The lowest BCUT2D eigenvalue weighted by atomic mass is 9.99. The molecular weight excluding hydrogens is 208 g/mol. The molecule has 0 fully saturated rings. The Morgan fingerprint density at radius 1 is 1.24 bits per heavy atom. The van der Waals surface area contributed by atoms with Gasteiger partial charge in [-0.2, -0.15) is 0 Å². The molecule has 0 saturated heterocycles. The normalized spacial score (nSPS) is 17.6. The standard InChI is InChI=1S/C15H22N2/c1-10-9-11(2)16-12(3)15(10)13(4)17-14-7-5-6-8-14/h5-6,9,13-14,17H,7-8H2,1-4H3. The molecule has 0 aromatic carbocycles. The van der Waals surface area contributed by atoms with Crippen molar-refractivity contribution in [3.8, 4) is 0 Å². The van der Waals surface area contributed by atoms with Crippen LogP contribution in [-0.4, -0.2) is 11.0 Å². The van der Waals surface area contributed by atoms with Gasteiger partial charge in [-0.05, 0) is 57.7 Å². The van der Waals surface area contributed by atoms with Gasteiger partial charge in [0.25, 0.3) is 0 Å². The van der Waals surface area contributed by atoms with Gasteiger partial charge in [-0.1, -0.05) is 12.2 Å². The van der Waals surface area contributed by atoms with Crippen LogP contribution in [0.4, 0.5) is 0 Å². The van der Waals surface area contributed by atoms with Crippen LogP contribution in [0.1, 0.15) is 48.3 Å². The fourth-order valence-electron chi connectivity index (χ4n) is 2.88. The summed E-state index contributed by atoms with van der Waals surface area (Å²) < 4.78 is 0. The van der Waals surface area contributed by atoms with Crippen LogP contribution in [0.5, 0.6) is 0 Å². The lowest BCUT2D eigenvalue weighted by molar-refractivity contribution is 0.467. The van der Waals surface area contributed by atoms with Crippen molar-refractivity contribution in [3.63, 3.8) is 0 Å². The highest BCUT2D eigenvalue weighted by Gasteiger charge is 2.17. The molecule has 2 heteroatoms. The first-order valence-corrected chi connectivity index (χ1v) is 6.43. The molecule has 1 N–H and O–H groups in total.